The third-order valence-corrected chi connectivity index (χ3v) is 5.03. The number of aliphatic hydroxyl groups excluding tert-OH is 1. The zero-order chi connectivity index (χ0) is 19.1. The van der Waals surface area contributed by atoms with Crippen molar-refractivity contribution >= 4 is 17.6 Å². The maximum Gasteiger partial charge on any atom is 0.194 e. The molecule has 3 rings (SSSR count). The standard InChI is InChI=1S/C21H27N3O3/c25-13-12-24-10-8-23(9-11-24)7-6-22-16-19-20(26)15-18(21(19)27)14-17-4-2-1-3-5-17/h1-5,14,16,22,25H,6-13,15H2/b18-14+,19-16+. The Balaban J connectivity index is 1.47. The number of allylic oxidation sites excluding steroid dienone is 2. The summed E-state index contributed by atoms with van der Waals surface area (Å²) < 4.78 is 0. The molecule has 0 bridgehead atoms. The molecule has 2 N–H and O–H groups in total. The molecule has 1 saturated carbocycles. The van der Waals surface area contributed by atoms with Crippen molar-refractivity contribution in [3.63, 3.8) is 0 Å². The highest BCUT2D eigenvalue weighted by molar-refractivity contribution is 6.34. The SMILES string of the molecule is O=C1C/C(=C\c2ccccc2)C(=O)/C1=C/NCCN1CCN(CCO)CC1. The number of Topliss-reactive ketones (excluding diaryl/α,β-unsaturated/α-hetero) is 2. The molecule has 6 heteroatoms. The maximum atomic E-state index is 12.5. The number of β-amino-alcohol motifs (C(OH)–C–C–N with tert-alkyl or cyclic N) is 1. The summed E-state index contributed by atoms with van der Waals surface area (Å²) in [7, 11) is 0. The molecule has 2 fully saturated rings. The van der Waals surface area contributed by atoms with Crippen LogP contribution in [0.3, 0.4) is 0 Å². The van der Waals surface area contributed by atoms with E-state index in [4.69, 9.17) is 5.11 Å². The fourth-order valence-corrected chi connectivity index (χ4v) is 3.44. The van der Waals surface area contributed by atoms with Gasteiger partial charge in [-0.2, -0.15) is 0 Å². The molecule has 0 aromatic heterocycles. The Kier molecular flexibility index (Phi) is 6.92. The van der Waals surface area contributed by atoms with Gasteiger partial charge in [-0.3, -0.25) is 19.4 Å². The number of nitrogens with one attached hydrogen (secondary N) is 1. The summed E-state index contributed by atoms with van der Waals surface area (Å²) in [5.74, 6) is -0.290. The van der Waals surface area contributed by atoms with E-state index in [0.29, 0.717) is 12.1 Å². The highest BCUT2D eigenvalue weighted by Gasteiger charge is 2.31. The molecule has 0 radical (unpaired) electrons. The second-order valence-corrected chi connectivity index (χ2v) is 6.93. The number of aliphatic hydroxyl groups is 1. The summed E-state index contributed by atoms with van der Waals surface area (Å²) in [5, 5.41) is 12.1. The third kappa shape index (κ3) is 5.35. The molecule has 1 heterocycles. The minimum absolute atomic E-state index is 0.118. The first-order valence-corrected chi connectivity index (χ1v) is 9.50. The van der Waals surface area contributed by atoms with Crippen LogP contribution in [-0.4, -0.2) is 78.9 Å². The molecular formula is C21H27N3O3. The molecule has 0 spiro atoms. The predicted octanol–water partition coefficient (Wildman–Crippen LogP) is 0.695. The number of carbonyl (C=O) groups is 2. The zero-order valence-corrected chi connectivity index (χ0v) is 15.6. The van der Waals surface area contributed by atoms with Crippen LogP contribution in [0, 0.1) is 0 Å². The number of ketones is 2. The van der Waals surface area contributed by atoms with Gasteiger partial charge in [0.15, 0.2) is 11.6 Å². The first-order chi connectivity index (χ1) is 13.2. The van der Waals surface area contributed by atoms with E-state index in [1.807, 2.05) is 30.3 Å². The summed E-state index contributed by atoms with van der Waals surface area (Å²) in [6.07, 6.45) is 3.56. The molecule has 2 aliphatic rings. The number of nitrogens with zero attached hydrogens (tertiary/aromatic N) is 2. The van der Waals surface area contributed by atoms with Gasteiger partial charge in [0.2, 0.25) is 0 Å². The lowest BCUT2D eigenvalue weighted by Gasteiger charge is -2.34. The maximum absolute atomic E-state index is 12.5. The highest BCUT2D eigenvalue weighted by atomic mass is 16.3. The van der Waals surface area contributed by atoms with Crippen LogP contribution in [0.25, 0.3) is 6.08 Å². The summed E-state index contributed by atoms with van der Waals surface area (Å²) in [4.78, 5) is 29.3. The molecule has 1 aromatic rings. The summed E-state index contributed by atoms with van der Waals surface area (Å²) in [6.45, 7) is 6.38. The van der Waals surface area contributed by atoms with Gasteiger partial charge in [-0.15, -0.1) is 0 Å². The van der Waals surface area contributed by atoms with Gasteiger partial charge in [0, 0.05) is 64.0 Å². The van der Waals surface area contributed by atoms with Crippen LogP contribution in [0.2, 0.25) is 0 Å². The van der Waals surface area contributed by atoms with E-state index in [-0.39, 0.29) is 30.2 Å². The first kappa shape index (κ1) is 19.5. The van der Waals surface area contributed by atoms with E-state index in [0.717, 1.165) is 44.8 Å². The Labute approximate surface area is 160 Å². The Morgan fingerprint density at radius 1 is 1.00 bits per heavy atom. The van der Waals surface area contributed by atoms with Crippen molar-refractivity contribution in [3.8, 4) is 0 Å². The van der Waals surface area contributed by atoms with E-state index < -0.39 is 0 Å². The van der Waals surface area contributed by atoms with E-state index >= 15 is 0 Å². The van der Waals surface area contributed by atoms with Crippen LogP contribution < -0.4 is 5.32 Å². The van der Waals surface area contributed by atoms with Crippen LogP contribution in [-0.2, 0) is 9.59 Å². The number of rotatable bonds is 7. The van der Waals surface area contributed by atoms with Crippen molar-refractivity contribution in [2.24, 2.45) is 0 Å². The Morgan fingerprint density at radius 3 is 2.33 bits per heavy atom. The van der Waals surface area contributed by atoms with Crippen molar-refractivity contribution in [2.45, 2.75) is 6.42 Å². The van der Waals surface area contributed by atoms with E-state index in [1.54, 1.807) is 12.3 Å². The van der Waals surface area contributed by atoms with Gasteiger partial charge in [0.25, 0.3) is 0 Å². The van der Waals surface area contributed by atoms with E-state index in [1.165, 1.54) is 0 Å². The zero-order valence-electron chi connectivity index (χ0n) is 15.6. The van der Waals surface area contributed by atoms with Crippen molar-refractivity contribution in [1.82, 2.24) is 15.1 Å². The molecule has 1 aliphatic heterocycles. The van der Waals surface area contributed by atoms with Crippen molar-refractivity contribution in [2.75, 3.05) is 52.4 Å². The third-order valence-electron chi connectivity index (χ3n) is 5.03. The van der Waals surface area contributed by atoms with Gasteiger partial charge in [0.1, 0.15) is 0 Å². The molecule has 144 valence electrons. The molecular weight excluding hydrogens is 342 g/mol. The van der Waals surface area contributed by atoms with Crippen molar-refractivity contribution in [1.29, 1.82) is 0 Å². The predicted molar refractivity (Wildman–Crippen MR) is 105 cm³/mol. The van der Waals surface area contributed by atoms with Gasteiger partial charge >= 0.3 is 0 Å². The molecule has 0 amide bonds. The van der Waals surface area contributed by atoms with Crippen LogP contribution in [0.1, 0.15) is 12.0 Å². The average molecular weight is 369 g/mol. The number of piperazine rings is 1. The van der Waals surface area contributed by atoms with E-state index in [9.17, 15) is 9.59 Å². The molecule has 6 nitrogen and oxygen atoms in total. The van der Waals surface area contributed by atoms with Gasteiger partial charge in [0.05, 0.1) is 12.2 Å². The van der Waals surface area contributed by atoms with Gasteiger partial charge in [-0.1, -0.05) is 30.3 Å². The van der Waals surface area contributed by atoms with Gasteiger partial charge in [-0.25, -0.2) is 0 Å². The summed E-state index contributed by atoms with van der Waals surface area (Å²) in [6, 6.07) is 9.59. The normalized spacial score (nSPS) is 22.1. The molecule has 1 aliphatic carbocycles. The number of benzene rings is 1. The lowest BCUT2D eigenvalue weighted by molar-refractivity contribution is -0.116. The van der Waals surface area contributed by atoms with E-state index in [2.05, 4.69) is 15.1 Å². The second-order valence-electron chi connectivity index (χ2n) is 6.93. The van der Waals surface area contributed by atoms with Crippen LogP contribution in [0.5, 0.6) is 0 Å². The van der Waals surface area contributed by atoms with Crippen LogP contribution >= 0.6 is 0 Å². The number of hydrogen-bond acceptors (Lipinski definition) is 6. The fourth-order valence-electron chi connectivity index (χ4n) is 3.44. The van der Waals surface area contributed by atoms with Gasteiger partial charge in [-0.05, 0) is 11.6 Å². The molecule has 1 saturated heterocycles. The Bertz CT molecular complexity index is 719. The number of hydrogen-bond donors (Lipinski definition) is 2. The van der Waals surface area contributed by atoms with Crippen LogP contribution in [0.4, 0.5) is 0 Å². The largest absolute Gasteiger partial charge is 0.395 e. The first-order valence-electron chi connectivity index (χ1n) is 9.50. The Hall–Kier alpha value is -2.28. The lowest BCUT2D eigenvalue weighted by atomic mass is 10.1. The monoisotopic (exact) mass is 369 g/mol. The number of carbonyl (C=O) groups excluding carboxylic acids is 2. The minimum Gasteiger partial charge on any atom is -0.395 e. The topological polar surface area (TPSA) is 72.9 Å². The summed E-state index contributed by atoms with van der Waals surface area (Å²) in [5.41, 5.74) is 1.74. The second kappa shape index (κ2) is 9.60. The molecule has 0 atom stereocenters. The average Bonchev–Trinajstić information content (AvgIpc) is 2.94. The Morgan fingerprint density at radius 2 is 1.67 bits per heavy atom. The molecule has 1 aromatic carbocycles. The highest BCUT2D eigenvalue weighted by Crippen LogP contribution is 2.24. The quantitative estimate of drug-likeness (QED) is 0.419. The molecule has 27 heavy (non-hydrogen) atoms. The molecule has 0 unspecified atom stereocenters. The minimum atomic E-state index is -0.172. The van der Waals surface area contributed by atoms with Crippen molar-refractivity contribution < 1.29 is 14.7 Å². The van der Waals surface area contributed by atoms with Crippen LogP contribution in [0.15, 0.2) is 47.7 Å². The van der Waals surface area contributed by atoms with Crippen molar-refractivity contribution in [3.05, 3.63) is 53.2 Å². The fraction of sp³-hybridized carbons (Fsp3) is 0.429. The summed E-state index contributed by atoms with van der Waals surface area (Å²) >= 11 is 0. The smallest absolute Gasteiger partial charge is 0.194 e. The lowest BCUT2D eigenvalue weighted by Crippen LogP contribution is -2.48. The van der Waals surface area contributed by atoms with Gasteiger partial charge < -0.3 is 10.4 Å².